The number of carbonyl (C=O) groups is 1. The maximum absolute atomic E-state index is 12.0. The Kier molecular flexibility index (Phi) is 4.74. The van der Waals surface area contributed by atoms with Crippen molar-refractivity contribution in [2.45, 2.75) is 36.4 Å². The molecule has 1 aliphatic heterocycles. The lowest BCUT2D eigenvalue weighted by atomic mass is 10.2. The lowest BCUT2D eigenvalue weighted by Gasteiger charge is -2.10. The molecule has 0 unspecified atom stereocenters. The fourth-order valence-electron chi connectivity index (χ4n) is 2.83. The van der Waals surface area contributed by atoms with E-state index >= 15 is 0 Å². The van der Waals surface area contributed by atoms with Crippen molar-refractivity contribution >= 4 is 29.3 Å². The molecule has 2 atom stereocenters. The summed E-state index contributed by atoms with van der Waals surface area (Å²) in [6.45, 7) is 2.36. The van der Waals surface area contributed by atoms with Gasteiger partial charge in [0.2, 0.25) is 0 Å². The Morgan fingerprint density at radius 3 is 2.73 bits per heavy atom. The molecule has 8 heteroatoms. The second-order valence-corrected chi connectivity index (χ2v) is 7.67. The molecule has 0 spiro atoms. The molecule has 3 aromatic rings. The lowest BCUT2D eigenvalue weighted by Crippen LogP contribution is -2.12. The molecule has 1 fully saturated rings. The van der Waals surface area contributed by atoms with Gasteiger partial charge in [-0.15, -0.1) is 10.2 Å². The number of cyclic esters (lactones) is 1. The fourth-order valence-corrected chi connectivity index (χ4v) is 4.10. The topological polar surface area (TPSA) is 70.2 Å². The van der Waals surface area contributed by atoms with Crippen LogP contribution in [0.3, 0.4) is 0 Å². The van der Waals surface area contributed by atoms with Crippen LogP contribution in [-0.4, -0.2) is 32.1 Å². The number of rotatable bonds is 5. The number of carbonyl (C=O) groups excluding carboxylic acids is 1. The molecule has 0 amide bonds. The summed E-state index contributed by atoms with van der Waals surface area (Å²) < 4.78 is 12.7. The fraction of sp³-hybridized carbons (Fsp3) is 0.278. The predicted molar refractivity (Wildman–Crippen MR) is 98.1 cm³/mol. The van der Waals surface area contributed by atoms with E-state index in [1.165, 1.54) is 11.8 Å². The summed E-state index contributed by atoms with van der Waals surface area (Å²) in [7, 11) is 0. The van der Waals surface area contributed by atoms with Crippen LogP contribution < -0.4 is 0 Å². The summed E-state index contributed by atoms with van der Waals surface area (Å²) in [6.07, 6.45) is 2.22. The van der Waals surface area contributed by atoms with E-state index in [4.69, 9.17) is 20.8 Å². The standard InChI is InChI=1S/C18H16ClN3O3S/c1-11-9-15(17(23)25-11)26-18-21-20-16(12-4-6-13(19)7-5-12)22(18)10-14-3-2-8-24-14/h2-8,11,15H,9-10H2,1H3/t11-,15-/m0/s1. The van der Waals surface area contributed by atoms with Gasteiger partial charge in [0.15, 0.2) is 11.0 Å². The monoisotopic (exact) mass is 389 g/mol. The minimum atomic E-state index is -0.275. The van der Waals surface area contributed by atoms with Crippen LogP contribution in [0.25, 0.3) is 11.4 Å². The van der Waals surface area contributed by atoms with Gasteiger partial charge >= 0.3 is 5.97 Å². The van der Waals surface area contributed by atoms with E-state index in [1.807, 2.05) is 47.9 Å². The summed E-state index contributed by atoms with van der Waals surface area (Å²) in [5, 5.41) is 9.69. The number of furan rings is 1. The zero-order valence-electron chi connectivity index (χ0n) is 14.0. The van der Waals surface area contributed by atoms with Crippen molar-refractivity contribution in [1.82, 2.24) is 14.8 Å². The van der Waals surface area contributed by atoms with Gasteiger partial charge in [0, 0.05) is 17.0 Å². The highest BCUT2D eigenvalue weighted by Gasteiger charge is 2.34. The van der Waals surface area contributed by atoms with Crippen LogP contribution in [0, 0.1) is 0 Å². The first kappa shape index (κ1) is 17.2. The normalized spacial score (nSPS) is 19.7. The van der Waals surface area contributed by atoms with E-state index in [0.29, 0.717) is 29.0 Å². The minimum absolute atomic E-state index is 0.0721. The quantitative estimate of drug-likeness (QED) is 0.613. The Morgan fingerprint density at radius 1 is 1.27 bits per heavy atom. The van der Waals surface area contributed by atoms with Gasteiger partial charge in [0.25, 0.3) is 0 Å². The van der Waals surface area contributed by atoms with Crippen LogP contribution in [0.2, 0.25) is 5.02 Å². The lowest BCUT2D eigenvalue weighted by molar-refractivity contribution is -0.140. The number of hydrogen-bond donors (Lipinski definition) is 0. The van der Waals surface area contributed by atoms with Crippen LogP contribution in [0.4, 0.5) is 0 Å². The van der Waals surface area contributed by atoms with E-state index in [9.17, 15) is 4.79 Å². The molecular weight excluding hydrogens is 374 g/mol. The molecular formula is C18H16ClN3O3S. The first-order chi connectivity index (χ1) is 12.6. The third-order valence-electron chi connectivity index (χ3n) is 4.09. The van der Waals surface area contributed by atoms with Gasteiger partial charge in [-0.05, 0) is 43.3 Å². The molecule has 6 nitrogen and oxygen atoms in total. The first-order valence-electron chi connectivity index (χ1n) is 8.19. The number of aromatic nitrogens is 3. The van der Waals surface area contributed by atoms with Crippen molar-refractivity contribution in [2.75, 3.05) is 0 Å². The minimum Gasteiger partial charge on any atom is -0.467 e. The van der Waals surface area contributed by atoms with Gasteiger partial charge in [-0.2, -0.15) is 0 Å². The van der Waals surface area contributed by atoms with Crippen molar-refractivity contribution in [2.24, 2.45) is 0 Å². The highest BCUT2D eigenvalue weighted by atomic mass is 35.5. The van der Waals surface area contributed by atoms with Crippen molar-refractivity contribution < 1.29 is 13.9 Å². The number of ether oxygens (including phenoxy) is 1. The van der Waals surface area contributed by atoms with Gasteiger partial charge in [0.1, 0.15) is 17.1 Å². The van der Waals surface area contributed by atoms with E-state index in [2.05, 4.69) is 10.2 Å². The molecule has 1 aliphatic rings. The molecule has 3 heterocycles. The van der Waals surface area contributed by atoms with E-state index in [1.54, 1.807) is 6.26 Å². The number of halogens is 1. The summed E-state index contributed by atoms with van der Waals surface area (Å²) >= 11 is 7.37. The second kappa shape index (κ2) is 7.17. The maximum atomic E-state index is 12.0. The van der Waals surface area contributed by atoms with E-state index < -0.39 is 0 Å². The number of esters is 1. The number of nitrogens with zero attached hydrogens (tertiary/aromatic N) is 3. The van der Waals surface area contributed by atoms with Gasteiger partial charge in [-0.25, -0.2) is 0 Å². The summed E-state index contributed by atoms with van der Waals surface area (Å²) in [6, 6.07) is 11.1. The number of benzene rings is 1. The molecule has 0 saturated carbocycles. The molecule has 4 rings (SSSR count). The number of hydrogen-bond acceptors (Lipinski definition) is 6. The van der Waals surface area contributed by atoms with Gasteiger partial charge in [0.05, 0.1) is 12.8 Å². The average molecular weight is 390 g/mol. The molecule has 0 bridgehead atoms. The molecule has 26 heavy (non-hydrogen) atoms. The van der Waals surface area contributed by atoms with Crippen molar-refractivity contribution in [3.63, 3.8) is 0 Å². The van der Waals surface area contributed by atoms with Gasteiger partial charge in [-0.3, -0.25) is 9.36 Å². The molecule has 0 radical (unpaired) electrons. The average Bonchev–Trinajstić information content (AvgIpc) is 3.32. The third-order valence-corrected chi connectivity index (χ3v) is 5.52. The highest BCUT2D eigenvalue weighted by Crippen LogP contribution is 2.33. The molecule has 0 N–H and O–H groups in total. The van der Waals surface area contributed by atoms with Gasteiger partial charge in [-0.1, -0.05) is 23.4 Å². The zero-order chi connectivity index (χ0) is 18.1. The molecule has 2 aromatic heterocycles. The SMILES string of the molecule is C[C@H]1C[C@H](Sc2nnc(-c3ccc(Cl)cc3)n2Cc2ccco2)C(=O)O1. The first-order valence-corrected chi connectivity index (χ1v) is 9.44. The molecule has 0 aliphatic carbocycles. The Balaban J connectivity index is 1.69. The summed E-state index contributed by atoms with van der Waals surface area (Å²) in [5.41, 5.74) is 0.891. The molecule has 1 aromatic carbocycles. The largest absolute Gasteiger partial charge is 0.467 e. The Labute approximate surface area is 159 Å². The number of thioether (sulfide) groups is 1. The zero-order valence-corrected chi connectivity index (χ0v) is 15.5. The Morgan fingerprint density at radius 2 is 2.08 bits per heavy atom. The van der Waals surface area contributed by atoms with E-state index in [0.717, 1.165) is 11.3 Å². The Bertz CT molecular complexity index is 908. The van der Waals surface area contributed by atoms with E-state index in [-0.39, 0.29) is 17.3 Å². The van der Waals surface area contributed by atoms with Crippen molar-refractivity contribution in [3.8, 4) is 11.4 Å². The summed E-state index contributed by atoms with van der Waals surface area (Å²) in [4.78, 5) is 12.0. The Hall–Kier alpha value is -2.25. The maximum Gasteiger partial charge on any atom is 0.319 e. The summed E-state index contributed by atoms with van der Waals surface area (Å²) in [5.74, 6) is 1.27. The van der Waals surface area contributed by atoms with Crippen LogP contribution in [0.1, 0.15) is 19.1 Å². The third kappa shape index (κ3) is 3.50. The van der Waals surface area contributed by atoms with Crippen molar-refractivity contribution in [3.05, 3.63) is 53.4 Å². The highest BCUT2D eigenvalue weighted by molar-refractivity contribution is 8.00. The van der Waals surface area contributed by atoms with Crippen molar-refractivity contribution in [1.29, 1.82) is 0 Å². The van der Waals surface area contributed by atoms with Gasteiger partial charge < -0.3 is 9.15 Å². The second-order valence-electron chi connectivity index (χ2n) is 6.07. The molecule has 134 valence electrons. The molecule has 1 saturated heterocycles. The van der Waals surface area contributed by atoms with Crippen LogP contribution >= 0.6 is 23.4 Å². The van der Waals surface area contributed by atoms with Crippen LogP contribution in [0.15, 0.2) is 52.2 Å². The van der Waals surface area contributed by atoms with Crippen LogP contribution in [0.5, 0.6) is 0 Å². The smallest absolute Gasteiger partial charge is 0.319 e. The predicted octanol–water partition coefficient (Wildman–Crippen LogP) is 4.04. The van der Waals surface area contributed by atoms with Crippen LogP contribution in [-0.2, 0) is 16.1 Å².